The lowest BCUT2D eigenvalue weighted by Crippen LogP contribution is -2.07. The number of hydrogen-bond donors (Lipinski definition) is 1. The second kappa shape index (κ2) is 6.97. The van der Waals surface area contributed by atoms with Crippen LogP contribution < -0.4 is 14.8 Å². The molecule has 26 heavy (non-hydrogen) atoms. The number of carbonyl (C=O) groups is 1. The molecule has 3 aromatic rings. The fraction of sp³-hybridized carbons (Fsp3) is 0.105. The van der Waals surface area contributed by atoms with Gasteiger partial charge < -0.3 is 9.47 Å². The highest BCUT2D eigenvalue weighted by atomic mass is 32.1. The first-order valence-corrected chi connectivity index (χ1v) is 8.79. The van der Waals surface area contributed by atoms with E-state index in [4.69, 9.17) is 9.47 Å². The van der Waals surface area contributed by atoms with Crippen molar-refractivity contribution in [2.24, 2.45) is 0 Å². The number of fused-ring (bicyclic) bond motifs is 1. The number of benzene rings is 2. The number of nitrogens with one attached hydrogen (secondary N) is 1. The molecular formula is C19H15N3O3S. The zero-order chi connectivity index (χ0) is 17.9. The molecule has 0 radical (unpaired) electrons. The molecule has 4 rings (SSSR count). The quantitative estimate of drug-likeness (QED) is 0.710. The molecule has 1 amide bonds. The molecule has 2 aromatic carbocycles. The Labute approximate surface area is 154 Å². The van der Waals surface area contributed by atoms with E-state index in [0.29, 0.717) is 16.6 Å². The minimum absolute atomic E-state index is 0.225. The van der Waals surface area contributed by atoms with Crippen LogP contribution in [0.1, 0.15) is 11.1 Å². The molecule has 1 aliphatic heterocycles. The standard InChI is InChI=1S/C19H15N3O3S/c1-12-4-2-3-5-14(12)18-21-22-19(26-18)20-17(23)9-7-13-6-8-15-16(10-13)25-11-24-15/h2-10H,11H2,1H3,(H,20,22,23)/b9-7-. The summed E-state index contributed by atoms with van der Waals surface area (Å²) in [5.74, 6) is 1.12. The number of amides is 1. The minimum Gasteiger partial charge on any atom is -0.454 e. The van der Waals surface area contributed by atoms with E-state index in [2.05, 4.69) is 15.5 Å². The van der Waals surface area contributed by atoms with E-state index in [1.807, 2.05) is 49.4 Å². The summed E-state index contributed by atoms with van der Waals surface area (Å²) in [6, 6.07) is 13.4. The molecule has 0 atom stereocenters. The molecule has 0 fully saturated rings. The summed E-state index contributed by atoms with van der Waals surface area (Å²) in [6.07, 6.45) is 3.16. The van der Waals surface area contributed by atoms with Gasteiger partial charge in [-0.15, -0.1) is 10.2 Å². The molecule has 0 aliphatic carbocycles. The lowest BCUT2D eigenvalue weighted by Gasteiger charge is -1.99. The maximum atomic E-state index is 12.1. The average Bonchev–Trinajstić information content (AvgIpc) is 3.29. The van der Waals surface area contributed by atoms with E-state index in [0.717, 1.165) is 21.7 Å². The summed E-state index contributed by atoms with van der Waals surface area (Å²) >= 11 is 1.34. The predicted molar refractivity (Wildman–Crippen MR) is 100 cm³/mol. The Morgan fingerprint density at radius 3 is 2.88 bits per heavy atom. The van der Waals surface area contributed by atoms with Crippen LogP contribution in [0.5, 0.6) is 11.5 Å². The Bertz CT molecular complexity index is 997. The largest absolute Gasteiger partial charge is 0.454 e. The fourth-order valence-corrected chi connectivity index (χ4v) is 3.37. The maximum Gasteiger partial charge on any atom is 0.250 e. The zero-order valence-electron chi connectivity index (χ0n) is 13.9. The normalized spacial score (nSPS) is 12.5. The Morgan fingerprint density at radius 1 is 1.15 bits per heavy atom. The second-order valence-electron chi connectivity index (χ2n) is 5.66. The first kappa shape index (κ1) is 16.3. The monoisotopic (exact) mass is 365 g/mol. The van der Waals surface area contributed by atoms with Gasteiger partial charge in [-0.1, -0.05) is 41.7 Å². The van der Waals surface area contributed by atoms with Crippen LogP contribution in [0.15, 0.2) is 48.5 Å². The zero-order valence-corrected chi connectivity index (χ0v) is 14.7. The van der Waals surface area contributed by atoms with Crippen LogP contribution >= 0.6 is 11.3 Å². The molecule has 0 spiro atoms. The van der Waals surface area contributed by atoms with Gasteiger partial charge in [0, 0.05) is 11.6 Å². The van der Waals surface area contributed by atoms with E-state index in [-0.39, 0.29) is 12.7 Å². The van der Waals surface area contributed by atoms with E-state index in [1.165, 1.54) is 17.4 Å². The van der Waals surface area contributed by atoms with Crippen molar-refractivity contribution in [3.8, 4) is 22.1 Å². The van der Waals surface area contributed by atoms with Crippen LogP contribution in [0.25, 0.3) is 16.6 Å². The first-order valence-electron chi connectivity index (χ1n) is 7.97. The predicted octanol–water partition coefficient (Wildman–Crippen LogP) is 3.89. The molecule has 1 aromatic heterocycles. The van der Waals surface area contributed by atoms with Gasteiger partial charge >= 0.3 is 0 Å². The van der Waals surface area contributed by atoms with Gasteiger partial charge in [-0.3, -0.25) is 10.1 Å². The lowest BCUT2D eigenvalue weighted by molar-refractivity contribution is -0.111. The first-order chi connectivity index (χ1) is 12.7. The summed E-state index contributed by atoms with van der Waals surface area (Å²) in [5.41, 5.74) is 2.98. The minimum atomic E-state index is -0.268. The highest BCUT2D eigenvalue weighted by Gasteiger charge is 2.13. The van der Waals surface area contributed by atoms with Crippen molar-refractivity contribution >= 4 is 28.5 Å². The number of hydrogen-bond acceptors (Lipinski definition) is 6. The molecule has 0 saturated carbocycles. The summed E-state index contributed by atoms with van der Waals surface area (Å²) in [4.78, 5) is 12.1. The van der Waals surface area contributed by atoms with Gasteiger partial charge in [0.25, 0.3) is 0 Å². The molecule has 2 heterocycles. The third kappa shape index (κ3) is 3.43. The Morgan fingerprint density at radius 2 is 2.00 bits per heavy atom. The van der Waals surface area contributed by atoms with Crippen molar-refractivity contribution in [1.82, 2.24) is 10.2 Å². The van der Waals surface area contributed by atoms with Crippen LogP contribution in [0.3, 0.4) is 0 Å². The molecule has 130 valence electrons. The fourth-order valence-electron chi connectivity index (χ4n) is 2.53. The molecule has 1 N–H and O–H groups in total. The number of anilines is 1. The van der Waals surface area contributed by atoms with Gasteiger partial charge in [0.05, 0.1) is 0 Å². The van der Waals surface area contributed by atoms with Crippen molar-refractivity contribution in [1.29, 1.82) is 0 Å². The number of aromatic nitrogens is 2. The summed E-state index contributed by atoms with van der Waals surface area (Å²) in [5, 5.41) is 12.2. The highest BCUT2D eigenvalue weighted by molar-refractivity contribution is 7.18. The third-order valence-corrected chi connectivity index (χ3v) is 4.73. The van der Waals surface area contributed by atoms with E-state index in [9.17, 15) is 4.79 Å². The van der Waals surface area contributed by atoms with Gasteiger partial charge in [-0.05, 0) is 36.3 Å². The van der Waals surface area contributed by atoms with Gasteiger partial charge in [-0.25, -0.2) is 0 Å². The van der Waals surface area contributed by atoms with Gasteiger partial charge in [0.2, 0.25) is 17.8 Å². The van der Waals surface area contributed by atoms with Gasteiger partial charge in [-0.2, -0.15) is 0 Å². The Kier molecular flexibility index (Phi) is 4.37. The molecule has 1 aliphatic rings. The molecule has 0 bridgehead atoms. The van der Waals surface area contributed by atoms with Crippen molar-refractivity contribution in [2.75, 3.05) is 12.1 Å². The van der Waals surface area contributed by atoms with Crippen LogP contribution in [-0.2, 0) is 4.79 Å². The van der Waals surface area contributed by atoms with Crippen molar-refractivity contribution < 1.29 is 14.3 Å². The Hall–Kier alpha value is -3.19. The number of rotatable bonds is 4. The number of ether oxygens (including phenoxy) is 2. The molecular weight excluding hydrogens is 350 g/mol. The Balaban J connectivity index is 1.43. The smallest absolute Gasteiger partial charge is 0.250 e. The van der Waals surface area contributed by atoms with Crippen LogP contribution in [0.4, 0.5) is 5.13 Å². The average molecular weight is 365 g/mol. The summed E-state index contributed by atoms with van der Waals surface area (Å²) < 4.78 is 10.6. The van der Waals surface area contributed by atoms with Crippen LogP contribution in [-0.4, -0.2) is 22.9 Å². The van der Waals surface area contributed by atoms with Crippen molar-refractivity contribution in [2.45, 2.75) is 6.92 Å². The summed E-state index contributed by atoms with van der Waals surface area (Å²) in [6.45, 7) is 2.24. The van der Waals surface area contributed by atoms with Crippen molar-refractivity contribution in [3.63, 3.8) is 0 Å². The second-order valence-corrected chi connectivity index (χ2v) is 6.64. The molecule has 0 unspecified atom stereocenters. The SMILES string of the molecule is Cc1ccccc1-c1nnc(NC(=O)/C=C\c2ccc3c(c2)OCO3)s1. The number of aryl methyl sites for hydroxylation is 1. The topological polar surface area (TPSA) is 73.3 Å². The lowest BCUT2D eigenvalue weighted by atomic mass is 10.1. The van der Waals surface area contributed by atoms with Crippen LogP contribution in [0, 0.1) is 6.92 Å². The van der Waals surface area contributed by atoms with Crippen molar-refractivity contribution in [3.05, 3.63) is 59.7 Å². The summed E-state index contributed by atoms with van der Waals surface area (Å²) in [7, 11) is 0. The molecule has 0 saturated heterocycles. The van der Waals surface area contributed by atoms with Crippen LogP contribution in [0.2, 0.25) is 0 Å². The number of carbonyl (C=O) groups excluding carboxylic acids is 1. The third-order valence-electron chi connectivity index (χ3n) is 3.85. The molecule has 6 nitrogen and oxygen atoms in total. The number of nitrogens with zero attached hydrogens (tertiary/aromatic N) is 2. The maximum absolute atomic E-state index is 12.1. The van der Waals surface area contributed by atoms with E-state index < -0.39 is 0 Å². The molecule has 7 heteroatoms. The van der Waals surface area contributed by atoms with Gasteiger partial charge in [0.1, 0.15) is 5.01 Å². The van der Waals surface area contributed by atoms with E-state index >= 15 is 0 Å². The van der Waals surface area contributed by atoms with E-state index in [1.54, 1.807) is 6.08 Å². The highest BCUT2D eigenvalue weighted by Crippen LogP contribution is 2.33. The van der Waals surface area contributed by atoms with Gasteiger partial charge in [0.15, 0.2) is 11.5 Å².